The van der Waals surface area contributed by atoms with Gasteiger partial charge in [-0.3, -0.25) is 10.1 Å². The monoisotopic (exact) mass is 380 g/mol. The Labute approximate surface area is 162 Å². The molecule has 3 aromatic rings. The van der Waals surface area contributed by atoms with Gasteiger partial charge in [0.1, 0.15) is 11.5 Å². The number of fused-ring (bicyclic) bond motifs is 1. The Morgan fingerprint density at radius 1 is 1.26 bits per heavy atom. The molecule has 5 nitrogen and oxygen atoms in total. The van der Waals surface area contributed by atoms with E-state index in [4.69, 9.17) is 9.47 Å². The van der Waals surface area contributed by atoms with Gasteiger partial charge in [-0.25, -0.2) is 4.98 Å². The Kier molecular flexibility index (Phi) is 4.81. The van der Waals surface area contributed by atoms with Crippen LogP contribution in [0, 0.1) is 6.92 Å². The van der Waals surface area contributed by atoms with Gasteiger partial charge in [-0.05, 0) is 49.7 Å². The van der Waals surface area contributed by atoms with Crippen LogP contribution in [-0.2, 0) is 11.2 Å². The first kappa shape index (κ1) is 17.5. The normalized spacial score (nSPS) is 13.6. The number of nitrogens with zero attached hydrogens (tertiary/aromatic N) is 1. The van der Waals surface area contributed by atoms with Gasteiger partial charge in [0.05, 0.1) is 12.3 Å². The number of anilines is 1. The fourth-order valence-corrected chi connectivity index (χ4v) is 3.61. The van der Waals surface area contributed by atoms with Gasteiger partial charge in [0.15, 0.2) is 11.2 Å². The minimum atomic E-state index is -0.614. The zero-order valence-corrected chi connectivity index (χ0v) is 16.0. The molecular weight excluding hydrogens is 360 g/mol. The summed E-state index contributed by atoms with van der Waals surface area (Å²) < 4.78 is 11.2. The lowest BCUT2D eigenvalue weighted by Crippen LogP contribution is -2.30. The van der Waals surface area contributed by atoms with E-state index in [1.165, 1.54) is 16.9 Å². The van der Waals surface area contributed by atoms with E-state index in [1.54, 1.807) is 6.92 Å². The fraction of sp³-hybridized carbons (Fsp3) is 0.238. The molecule has 1 amide bonds. The smallest absolute Gasteiger partial charge is 0.266 e. The summed E-state index contributed by atoms with van der Waals surface area (Å²) in [6.07, 6.45) is 0.308. The molecule has 1 N–H and O–H groups in total. The van der Waals surface area contributed by atoms with Crippen LogP contribution in [0.5, 0.6) is 11.5 Å². The third-order valence-corrected chi connectivity index (χ3v) is 5.18. The quantitative estimate of drug-likeness (QED) is 0.710. The minimum absolute atomic E-state index is 0.223. The molecule has 1 atom stereocenters. The molecule has 0 radical (unpaired) electrons. The molecule has 0 aliphatic carbocycles. The Morgan fingerprint density at radius 3 is 2.89 bits per heavy atom. The molecule has 27 heavy (non-hydrogen) atoms. The summed E-state index contributed by atoms with van der Waals surface area (Å²) in [5, 5.41) is 5.34. The van der Waals surface area contributed by atoms with E-state index in [2.05, 4.69) is 16.4 Å². The molecule has 0 saturated carbocycles. The third-order valence-electron chi connectivity index (χ3n) is 4.42. The summed E-state index contributed by atoms with van der Waals surface area (Å²) in [7, 11) is 0. The molecule has 2 aromatic carbocycles. The molecule has 1 unspecified atom stereocenters. The van der Waals surface area contributed by atoms with Crippen molar-refractivity contribution in [2.45, 2.75) is 26.4 Å². The van der Waals surface area contributed by atoms with Gasteiger partial charge in [0.25, 0.3) is 5.91 Å². The van der Waals surface area contributed by atoms with Crippen LogP contribution in [-0.4, -0.2) is 23.6 Å². The first-order valence-electron chi connectivity index (χ1n) is 8.84. The van der Waals surface area contributed by atoms with Crippen LogP contribution in [0.3, 0.4) is 0 Å². The Balaban J connectivity index is 1.41. The number of carbonyl (C=O) groups excluding carboxylic acids is 1. The van der Waals surface area contributed by atoms with Crippen molar-refractivity contribution in [3.8, 4) is 22.8 Å². The van der Waals surface area contributed by atoms with E-state index in [0.29, 0.717) is 10.9 Å². The molecule has 1 aliphatic heterocycles. The maximum atomic E-state index is 12.4. The highest BCUT2D eigenvalue weighted by Crippen LogP contribution is 2.32. The molecule has 4 rings (SSSR count). The largest absolute Gasteiger partial charge is 0.493 e. The lowest BCUT2D eigenvalue weighted by molar-refractivity contribution is -0.122. The topological polar surface area (TPSA) is 60.5 Å². The number of hydrogen-bond acceptors (Lipinski definition) is 5. The Bertz CT molecular complexity index is 966. The number of benzene rings is 2. The van der Waals surface area contributed by atoms with Crippen LogP contribution < -0.4 is 14.8 Å². The lowest BCUT2D eigenvalue weighted by atomic mass is 10.1. The standard InChI is InChI=1S/C21H20N2O3S/c1-13-3-6-17(7-4-13)26-14(2)20(24)23-21-22-18(12-27-21)15-5-8-19-16(11-15)9-10-25-19/h3-8,11-12,14H,9-10H2,1-2H3,(H,22,23,24). The number of carbonyl (C=O) groups is 1. The van der Waals surface area contributed by atoms with Crippen molar-refractivity contribution >= 4 is 22.4 Å². The summed E-state index contributed by atoms with van der Waals surface area (Å²) in [6, 6.07) is 13.7. The van der Waals surface area contributed by atoms with Crippen LogP contribution in [0.2, 0.25) is 0 Å². The zero-order valence-electron chi connectivity index (χ0n) is 15.2. The number of nitrogens with one attached hydrogen (secondary N) is 1. The van der Waals surface area contributed by atoms with E-state index < -0.39 is 6.10 Å². The van der Waals surface area contributed by atoms with Crippen LogP contribution >= 0.6 is 11.3 Å². The van der Waals surface area contributed by atoms with E-state index in [1.807, 2.05) is 48.7 Å². The van der Waals surface area contributed by atoms with Crippen molar-refractivity contribution in [1.82, 2.24) is 4.98 Å². The molecule has 0 saturated heterocycles. The third kappa shape index (κ3) is 3.95. The Morgan fingerprint density at radius 2 is 2.07 bits per heavy atom. The van der Waals surface area contributed by atoms with Gasteiger partial charge in [0, 0.05) is 17.4 Å². The molecule has 1 aliphatic rings. The first-order chi connectivity index (χ1) is 13.1. The van der Waals surface area contributed by atoms with Gasteiger partial charge in [0.2, 0.25) is 0 Å². The molecule has 0 bridgehead atoms. The van der Waals surface area contributed by atoms with Gasteiger partial charge < -0.3 is 9.47 Å². The number of aromatic nitrogens is 1. The van der Waals surface area contributed by atoms with Crippen molar-refractivity contribution < 1.29 is 14.3 Å². The van der Waals surface area contributed by atoms with E-state index >= 15 is 0 Å². The number of ether oxygens (including phenoxy) is 2. The van der Waals surface area contributed by atoms with Crippen LogP contribution in [0.1, 0.15) is 18.1 Å². The maximum absolute atomic E-state index is 12.4. The zero-order chi connectivity index (χ0) is 18.8. The first-order valence-corrected chi connectivity index (χ1v) is 9.72. The van der Waals surface area contributed by atoms with Crippen molar-refractivity contribution in [2.24, 2.45) is 0 Å². The Hall–Kier alpha value is -2.86. The molecule has 2 heterocycles. The second kappa shape index (κ2) is 7.40. The highest BCUT2D eigenvalue weighted by molar-refractivity contribution is 7.14. The molecule has 0 spiro atoms. The minimum Gasteiger partial charge on any atom is -0.493 e. The number of amides is 1. The van der Waals surface area contributed by atoms with Crippen molar-refractivity contribution in [3.63, 3.8) is 0 Å². The second-order valence-electron chi connectivity index (χ2n) is 6.52. The number of aryl methyl sites for hydroxylation is 1. The summed E-state index contributed by atoms with van der Waals surface area (Å²) in [4.78, 5) is 16.9. The average Bonchev–Trinajstić information content (AvgIpc) is 3.32. The van der Waals surface area contributed by atoms with Gasteiger partial charge in [-0.1, -0.05) is 17.7 Å². The summed E-state index contributed by atoms with van der Waals surface area (Å²) in [6.45, 7) is 4.47. The fourth-order valence-electron chi connectivity index (χ4n) is 2.89. The molecule has 138 valence electrons. The van der Waals surface area contributed by atoms with Gasteiger partial charge >= 0.3 is 0 Å². The lowest BCUT2D eigenvalue weighted by Gasteiger charge is -2.13. The highest BCUT2D eigenvalue weighted by Gasteiger charge is 2.18. The number of rotatable bonds is 5. The SMILES string of the molecule is Cc1ccc(OC(C)C(=O)Nc2nc(-c3ccc4c(c3)CCO4)cs2)cc1. The molecule has 6 heteroatoms. The molecular formula is C21H20N2O3S. The summed E-state index contributed by atoms with van der Waals surface area (Å²) >= 11 is 1.40. The molecule has 0 fully saturated rings. The van der Waals surface area contributed by atoms with Crippen molar-refractivity contribution in [2.75, 3.05) is 11.9 Å². The van der Waals surface area contributed by atoms with Gasteiger partial charge in [-0.15, -0.1) is 11.3 Å². The second-order valence-corrected chi connectivity index (χ2v) is 7.38. The van der Waals surface area contributed by atoms with Crippen molar-refractivity contribution in [3.05, 3.63) is 59.0 Å². The maximum Gasteiger partial charge on any atom is 0.266 e. The average molecular weight is 380 g/mol. The predicted octanol–water partition coefficient (Wildman–Crippen LogP) is 4.46. The van der Waals surface area contributed by atoms with Crippen molar-refractivity contribution in [1.29, 1.82) is 0 Å². The van der Waals surface area contributed by atoms with E-state index in [-0.39, 0.29) is 5.91 Å². The highest BCUT2D eigenvalue weighted by atomic mass is 32.1. The van der Waals surface area contributed by atoms with Crippen LogP contribution in [0.25, 0.3) is 11.3 Å². The predicted molar refractivity (Wildman–Crippen MR) is 107 cm³/mol. The summed E-state index contributed by atoms with van der Waals surface area (Å²) in [5.41, 5.74) is 4.22. The van der Waals surface area contributed by atoms with E-state index in [9.17, 15) is 4.79 Å². The molecule has 1 aromatic heterocycles. The van der Waals surface area contributed by atoms with Gasteiger partial charge in [-0.2, -0.15) is 0 Å². The number of thiazole rings is 1. The van der Waals surface area contributed by atoms with Crippen LogP contribution in [0.15, 0.2) is 47.8 Å². The van der Waals surface area contributed by atoms with Crippen LogP contribution in [0.4, 0.5) is 5.13 Å². The number of hydrogen-bond donors (Lipinski definition) is 1. The van der Waals surface area contributed by atoms with E-state index in [0.717, 1.165) is 35.6 Å². The summed E-state index contributed by atoms with van der Waals surface area (Å²) in [5.74, 6) is 1.40.